The van der Waals surface area contributed by atoms with E-state index < -0.39 is 15.9 Å². The van der Waals surface area contributed by atoms with Crippen LogP contribution in [0.5, 0.6) is 11.5 Å². The van der Waals surface area contributed by atoms with E-state index in [9.17, 15) is 13.2 Å². The first-order valence-electron chi connectivity index (χ1n) is 7.61. The van der Waals surface area contributed by atoms with Crippen LogP contribution in [-0.2, 0) is 9.84 Å². The van der Waals surface area contributed by atoms with Crippen molar-refractivity contribution in [1.29, 1.82) is 0 Å². The van der Waals surface area contributed by atoms with Crippen molar-refractivity contribution < 1.29 is 17.9 Å². The summed E-state index contributed by atoms with van der Waals surface area (Å²) in [6.07, 6.45) is 0.451. The molecule has 1 aliphatic rings. The predicted molar refractivity (Wildman–Crippen MR) is 92.2 cm³/mol. The van der Waals surface area contributed by atoms with Gasteiger partial charge in [0.15, 0.2) is 9.84 Å². The molecule has 0 saturated carbocycles. The molecule has 1 heterocycles. The van der Waals surface area contributed by atoms with Crippen LogP contribution in [-0.4, -0.2) is 32.0 Å². The number of carbonyl (C=O) groups excluding carboxylic acids is 1. The lowest BCUT2D eigenvalue weighted by atomic mass is 10.2. The van der Waals surface area contributed by atoms with E-state index in [0.717, 1.165) is 0 Å². The average Bonchev–Trinajstić information content (AvgIpc) is 2.87. The number of ether oxygens (including phenoxy) is 1. The third-order valence-electron chi connectivity index (χ3n) is 3.64. The van der Waals surface area contributed by atoms with Crippen molar-refractivity contribution in [3.8, 4) is 11.5 Å². The van der Waals surface area contributed by atoms with E-state index in [-0.39, 0.29) is 17.5 Å². The van der Waals surface area contributed by atoms with Gasteiger partial charge in [0.2, 0.25) is 0 Å². The van der Waals surface area contributed by atoms with Crippen molar-refractivity contribution in [1.82, 2.24) is 5.32 Å². The fraction of sp³-hybridized carbons (Fsp3) is 0.235. The normalized spacial score (nSPS) is 18.8. The summed E-state index contributed by atoms with van der Waals surface area (Å²) in [5, 5.41) is 5.38. The molecule has 0 bridgehead atoms. The van der Waals surface area contributed by atoms with Gasteiger partial charge in [0.05, 0.1) is 11.5 Å². The molecule has 1 unspecified atom stereocenters. The van der Waals surface area contributed by atoms with Crippen molar-refractivity contribution in [3.63, 3.8) is 0 Å². The Morgan fingerprint density at radius 1 is 1.04 bits per heavy atom. The van der Waals surface area contributed by atoms with E-state index in [1.807, 2.05) is 30.3 Å². The molecule has 126 valence electrons. The molecule has 2 aromatic carbocycles. The van der Waals surface area contributed by atoms with Crippen LogP contribution in [0.15, 0.2) is 54.6 Å². The standard InChI is InChI=1S/C17H18N2O4S/c20-17(19-14-9-10-24(21,22)12-14)18-13-5-4-8-16(11-13)23-15-6-2-1-3-7-15/h1-8,11,14H,9-10,12H2,(H2,18,19,20). The molecule has 3 rings (SSSR count). The van der Waals surface area contributed by atoms with Gasteiger partial charge in [-0.2, -0.15) is 0 Å². The topological polar surface area (TPSA) is 84.5 Å². The lowest BCUT2D eigenvalue weighted by Crippen LogP contribution is -2.38. The molecule has 1 atom stereocenters. The number of sulfone groups is 1. The minimum Gasteiger partial charge on any atom is -0.457 e. The fourth-order valence-electron chi connectivity index (χ4n) is 2.52. The van der Waals surface area contributed by atoms with Gasteiger partial charge in [-0.25, -0.2) is 13.2 Å². The van der Waals surface area contributed by atoms with Crippen LogP contribution in [0.25, 0.3) is 0 Å². The number of benzene rings is 2. The first-order valence-corrected chi connectivity index (χ1v) is 9.43. The number of anilines is 1. The summed E-state index contributed by atoms with van der Waals surface area (Å²) in [5.41, 5.74) is 0.571. The molecule has 2 aromatic rings. The van der Waals surface area contributed by atoms with E-state index in [0.29, 0.717) is 23.6 Å². The van der Waals surface area contributed by atoms with Gasteiger partial charge in [0.1, 0.15) is 11.5 Å². The lowest BCUT2D eigenvalue weighted by molar-refractivity contribution is 0.249. The van der Waals surface area contributed by atoms with Gasteiger partial charge in [-0.1, -0.05) is 24.3 Å². The highest BCUT2D eigenvalue weighted by Gasteiger charge is 2.28. The van der Waals surface area contributed by atoms with E-state index in [4.69, 9.17) is 4.74 Å². The van der Waals surface area contributed by atoms with Crippen LogP contribution < -0.4 is 15.4 Å². The Morgan fingerprint density at radius 3 is 2.50 bits per heavy atom. The molecular weight excluding hydrogens is 328 g/mol. The highest BCUT2D eigenvalue weighted by atomic mass is 32.2. The summed E-state index contributed by atoms with van der Waals surface area (Å²) in [6, 6.07) is 15.6. The summed E-state index contributed by atoms with van der Waals surface area (Å²) in [5.74, 6) is 1.42. The molecule has 0 aromatic heterocycles. The van der Waals surface area contributed by atoms with Gasteiger partial charge in [0.25, 0.3) is 0 Å². The highest BCUT2D eigenvalue weighted by molar-refractivity contribution is 7.91. The number of nitrogens with one attached hydrogen (secondary N) is 2. The minimum atomic E-state index is -3.02. The van der Waals surface area contributed by atoms with Gasteiger partial charge in [-0.3, -0.25) is 0 Å². The second-order valence-corrected chi connectivity index (χ2v) is 7.87. The Morgan fingerprint density at radius 2 is 1.79 bits per heavy atom. The average molecular weight is 346 g/mol. The molecule has 0 spiro atoms. The maximum Gasteiger partial charge on any atom is 0.319 e. The second kappa shape index (κ2) is 6.92. The van der Waals surface area contributed by atoms with Crippen molar-refractivity contribution >= 4 is 21.6 Å². The van der Waals surface area contributed by atoms with E-state index in [2.05, 4.69) is 10.6 Å². The van der Waals surface area contributed by atoms with Gasteiger partial charge >= 0.3 is 6.03 Å². The zero-order valence-electron chi connectivity index (χ0n) is 12.9. The highest BCUT2D eigenvalue weighted by Crippen LogP contribution is 2.23. The molecular formula is C17H18N2O4S. The zero-order valence-corrected chi connectivity index (χ0v) is 13.8. The summed E-state index contributed by atoms with van der Waals surface area (Å²) < 4.78 is 28.5. The van der Waals surface area contributed by atoms with E-state index in [1.165, 1.54) is 0 Å². The number of rotatable bonds is 4. The van der Waals surface area contributed by atoms with Crippen LogP contribution in [0.4, 0.5) is 10.5 Å². The van der Waals surface area contributed by atoms with Crippen LogP contribution >= 0.6 is 0 Å². The minimum absolute atomic E-state index is 0.00240. The molecule has 2 N–H and O–H groups in total. The van der Waals surface area contributed by atoms with Crippen LogP contribution in [0.1, 0.15) is 6.42 Å². The molecule has 0 aliphatic carbocycles. The van der Waals surface area contributed by atoms with E-state index in [1.54, 1.807) is 24.3 Å². The fourth-order valence-corrected chi connectivity index (χ4v) is 4.20. The number of urea groups is 1. The molecule has 0 radical (unpaired) electrons. The number of para-hydroxylation sites is 1. The first-order chi connectivity index (χ1) is 11.5. The Hall–Kier alpha value is -2.54. The van der Waals surface area contributed by atoms with Gasteiger partial charge < -0.3 is 15.4 Å². The molecule has 1 aliphatic heterocycles. The van der Waals surface area contributed by atoms with Gasteiger partial charge in [-0.05, 0) is 30.7 Å². The third-order valence-corrected chi connectivity index (χ3v) is 5.41. The van der Waals surface area contributed by atoms with Crippen molar-refractivity contribution in [2.24, 2.45) is 0 Å². The smallest absolute Gasteiger partial charge is 0.319 e. The van der Waals surface area contributed by atoms with Crippen LogP contribution in [0.2, 0.25) is 0 Å². The quantitative estimate of drug-likeness (QED) is 0.891. The van der Waals surface area contributed by atoms with Gasteiger partial charge in [-0.15, -0.1) is 0 Å². The Balaban J connectivity index is 1.59. The Labute approximate surface area is 140 Å². The number of hydrogen-bond acceptors (Lipinski definition) is 4. The van der Waals surface area contributed by atoms with Gasteiger partial charge in [0, 0.05) is 17.8 Å². The summed E-state index contributed by atoms with van der Waals surface area (Å²) >= 11 is 0. The van der Waals surface area contributed by atoms with E-state index >= 15 is 0 Å². The van der Waals surface area contributed by atoms with Crippen molar-refractivity contribution in [2.75, 3.05) is 16.8 Å². The predicted octanol–water partition coefficient (Wildman–Crippen LogP) is 2.79. The molecule has 24 heavy (non-hydrogen) atoms. The molecule has 6 nitrogen and oxygen atoms in total. The number of amides is 2. The van der Waals surface area contributed by atoms with Crippen LogP contribution in [0, 0.1) is 0 Å². The molecule has 1 saturated heterocycles. The Bertz CT molecular complexity index is 821. The SMILES string of the molecule is O=C(Nc1cccc(Oc2ccccc2)c1)NC1CCS(=O)(=O)C1. The number of carbonyl (C=O) groups is 1. The largest absolute Gasteiger partial charge is 0.457 e. The molecule has 7 heteroatoms. The molecule has 1 fully saturated rings. The lowest BCUT2D eigenvalue weighted by Gasteiger charge is -2.13. The number of hydrogen-bond donors (Lipinski definition) is 2. The van der Waals surface area contributed by atoms with Crippen LogP contribution in [0.3, 0.4) is 0 Å². The maximum atomic E-state index is 12.0. The maximum absolute atomic E-state index is 12.0. The third kappa shape index (κ3) is 4.48. The summed E-state index contributed by atoms with van der Waals surface area (Å²) in [4.78, 5) is 12.0. The monoisotopic (exact) mass is 346 g/mol. The second-order valence-electron chi connectivity index (χ2n) is 5.64. The summed E-state index contributed by atoms with van der Waals surface area (Å²) in [7, 11) is -3.02. The summed E-state index contributed by atoms with van der Waals surface area (Å²) in [6.45, 7) is 0. The Kier molecular flexibility index (Phi) is 4.71. The van der Waals surface area contributed by atoms with Crippen molar-refractivity contribution in [3.05, 3.63) is 54.6 Å². The zero-order chi connectivity index (χ0) is 17.0. The van der Waals surface area contributed by atoms with Crippen molar-refractivity contribution in [2.45, 2.75) is 12.5 Å². The first kappa shape index (κ1) is 16.3. The molecule has 2 amide bonds.